The number of nitrogens with two attached hydrogens (primary N) is 1. The second-order valence-corrected chi connectivity index (χ2v) is 10.5. The molecular weight excluding hydrogens is 437 g/mol. The van der Waals surface area contributed by atoms with Crippen molar-refractivity contribution in [3.05, 3.63) is 29.1 Å². The van der Waals surface area contributed by atoms with Gasteiger partial charge < -0.3 is 5.73 Å². The highest BCUT2D eigenvalue weighted by Gasteiger charge is 2.36. The minimum Gasteiger partial charge on any atom is -0.396 e. The highest BCUT2D eigenvalue weighted by molar-refractivity contribution is 7.87. The molecule has 3 heterocycles. The molecule has 3 nitrogen and oxygen atoms in total. The topological polar surface area (TPSA) is 56.0 Å². The molecule has 0 saturated heterocycles. The highest BCUT2D eigenvalue weighted by Crippen LogP contribution is 2.44. The van der Waals surface area contributed by atoms with Crippen LogP contribution in [0.15, 0.2) is 27.8 Å². The van der Waals surface area contributed by atoms with Crippen molar-refractivity contribution in [1.29, 1.82) is 0 Å². The van der Waals surface area contributed by atoms with Crippen LogP contribution in [0.25, 0.3) is 20.8 Å². The first kappa shape index (κ1) is 22.2. The number of rotatable bonds is 9. The smallest absolute Gasteiger partial charge is 0.396 e. The van der Waals surface area contributed by atoms with E-state index in [1.165, 1.54) is 17.8 Å². The third kappa shape index (κ3) is 5.19. The first-order valence-corrected chi connectivity index (χ1v) is 12.6. The molecular formula is C20H23F3N2OS3. The third-order valence-electron chi connectivity index (χ3n) is 4.63. The van der Waals surface area contributed by atoms with E-state index >= 15 is 0 Å². The molecule has 1 atom stereocenters. The zero-order chi connectivity index (χ0) is 21.0. The molecule has 3 aromatic heterocycles. The number of halogens is 3. The van der Waals surface area contributed by atoms with E-state index in [1.807, 2.05) is 0 Å². The number of alkyl halides is 3. The Labute approximate surface area is 178 Å². The number of fused-ring (bicyclic) bond motifs is 1. The molecule has 0 unspecified atom stereocenters. The van der Waals surface area contributed by atoms with Gasteiger partial charge in [0, 0.05) is 11.1 Å². The molecule has 0 bridgehead atoms. The van der Waals surface area contributed by atoms with Crippen molar-refractivity contribution in [3.8, 4) is 10.6 Å². The van der Waals surface area contributed by atoms with E-state index in [0.717, 1.165) is 49.5 Å². The molecule has 0 radical (unpaired) electrons. The molecule has 158 valence electrons. The Balaban J connectivity index is 1.90. The zero-order valence-corrected chi connectivity index (χ0v) is 18.5. The minimum atomic E-state index is -4.57. The lowest BCUT2D eigenvalue weighted by atomic mass is 10.1. The Morgan fingerprint density at radius 2 is 1.90 bits per heavy atom. The van der Waals surface area contributed by atoms with Gasteiger partial charge in [0.25, 0.3) is 0 Å². The SMILES string of the molecule is CCCCCCCC[S@](=O)c1sc2nc(-c3cccs3)cc(C(F)(F)F)c2c1N. The number of unbranched alkanes of at least 4 members (excludes halogenated alkanes) is 5. The second-order valence-electron chi connectivity index (χ2n) is 6.83. The number of pyridine rings is 1. The quantitative estimate of drug-likeness (QED) is 0.347. The Bertz CT molecular complexity index is 981. The van der Waals surface area contributed by atoms with E-state index in [9.17, 15) is 17.4 Å². The van der Waals surface area contributed by atoms with Gasteiger partial charge in [-0.1, -0.05) is 45.1 Å². The van der Waals surface area contributed by atoms with Crippen molar-refractivity contribution in [2.75, 3.05) is 11.5 Å². The molecule has 0 aliphatic rings. The van der Waals surface area contributed by atoms with E-state index < -0.39 is 22.5 Å². The lowest BCUT2D eigenvalue weighted by Gasteiger charge is -2.10. The summed E-state index contributed by atoms with van der Waals surface area (Å²) in [6, 6.07) is 4.54. The zero-order valence-electron chi connectivity index (χ0n) is 16.1. The number of nitrogen functional groups attached to an aromatic ring is 1. The van der Waals surface area contributed by atoms with Crippen molar-refractivity contribution in [2.24, 2.45) is 0 Å². The maximum Gasteiger partial charge on any atom is 0.417 e. The van der Waals surface area contributed by atoms with Gasteiger partial charge >= 0.3 is 6.18 Å². The fourth-order valence-electron chi connectivity index (χ4n) is 3.15. The van der Waals surface area contributed by atoms with Gasteiger partial charge in [0.05, 0.1) is 32.6 Å². The van der Waals surface area contributed by atoms with Crippen LogP contribution in [0.2, 0.25) is 0 Å². The van der Waals surface area contributed by atoms with Crippen LogP contribution in [-0.4, -0.2) is 14.9 Å². The summed E-state index contributed by atoms with van der Waals surface area (Å²) in [6.45, 7) is 2.15. The second kappa shape index (κ2) is 9.57. The molecule has 29 heavy (non-hydrogen) atoms. The molecule has 2 N–H and O–H groups in total. The van der Waals surface area contributed by atoms with Gasteiger partial charge in [0.15, 0.2) is 0 Å². The number of hydrogen-bond donors (Lipinski definition) is 1. The van der Waals surface area contributed by atoms with Crippen molar-refractivity contribution >= 4 is 49.4 Å². The molecule has 9 heteroatoms. The molecule has 0 aliphatic heterocycles. The summed E-state index contributed by atoms with van der Waals surface area (Å²) in [5.41, 5.74) is 5.45. The van der Waals surface area contributed by atoms with E-state index in [-0.39, 0.29) is 21.6 Å². The van der Waals surface area contributed by atoms with Crippen molar-refractivity contribution in [1.82, 2.24) is 4.98 Å². The molecule has 0 aliphatic carbocycles. The van der Waals surface area contributed by atoms with Gasteiger partial charge in [0.2, 0.25) is 0 Å². The van der Waals surface area contributed by atoms with Gasteiger partial charge in [-0.05, 0) is 23.9 Å². The summed E-state index contributed by atoms with van der Waals surface area (Å²) in [7, 11) is -1.42. The maximum absolute atomic E-state index is 13.7. The highest BCUT2D eigenvalue weighted by atomic mass is 32.2. The van der Waals surface area contributed by atoms with Crippen LogP contribution in [0, 0.1) is 0 Å². The van der Waals surface area contributed by atoms with E-state index in [1.54, 1.807) is 17.5 Å². The predicted octanol–water partition coefficient (Wildman–Crippen LogP) is 7.09. The molecule has 0 saturated carbocycles. The number of hydrogen-bond acceptors (Lipinski definition) is 5. The molecule has 0 amide bonds. The van der Waals surface area contributed by atoms with Crippen LogP contribution in [0.1, 0.15) is 51.0 Å². The lowest BCUT2D eigenvalue weighted by molar-refractivity contribution is -0.136. The van der Waals surface area contributed by atoms with Gasteiger partial charge in [-0.25, -0.2) is 4.98 Å². The summed E-state index contributed by atoms with van der Waals surface area (Å²) in [4.78, 5) is 5.24. The van der Waals surface area contributed by atoms with Crippen LogP contribution in [0.4, 0.5) is 18.9 Å². The van der Waals surface area contributed by atoms with Gasteiger partial charge in [0.1, 0.15) is 9.04 Å². The summed E-state index contributed by atoms with van der Waals surface area (Å²) < 4.78 is 54.2. The molecule has 0 fully saturated rings. The largest absolute Gasteiger partial charge is 0.417 e. The normalized spacial score (nSPS) is 13.2. The fourth-order valence-corrected chi connectivity index (χ4v) is 6.55. The van der Waals surface area contributed by atoms with E-state index in [2.05, 4.69) is 11.9 Å². The average Bonchev–Trinajstić information content (AvgIpc) is 3.31. The first-order chi connectivity index (χ1) is 13.8. The van der Waals surface area contributed by atoms with Gasteiger partial charge in [-0.3, -0.25) is 4.21 Å². The number of thiophene rings is 2. The van der Waals surface area contributed by atoms with Crippen LogP contribution in [0.5, 0.6) is 0 Å². The summed E-state index contributed by atoms with van der Waals surface area (Å²) in [5, 5.41) is 1.66. The molecule has 0 spiro atoms. The Kier molecular flexibility index (Phi) is 7.34. The van der Waals surface area contributed by atoms with Gasteiger partial charge in [-0.15, -0.1) is 22.7 Å². The molecule has 3 rings (SSSR count). The van der Waals surface area contributed by atoms with Crippen LogP contribution < -0.4 is 5.73 Å². The van der Waals surface area contributed by atoms with Crippen LogP contribution >= 0.6 is 22.7 Å². The summed E-state index contributed by atoms with van der Waals surface area (Å²) in [5.74, 6) is 0.405. The van der Waals surface area contributed by atoms with E-state index in [4.69, 9.17) is 5.73 Å². The minimum absolute atomic E-state index is 0.0492. The summed E-state index contributed by atoms with van der Waals surface area (Å²) >= 11 is 2.34. The van der Waals surface area contributed by atoms with Crippen molar-refractivity contribution in [3.63, 3.8) is 0 Å². The standard InChI is InChI=1S/C20H23F3N2OS3/c1-2-3-4-5-6-7-11-29(26)19-17(24)16-13(20(21,22)23)12-14(25-18(16)28-19)15-9-8-10-27-15/h8-10,12H,2-7,11,24H2,1H3/t29-/m0/s1. The Morgan fingerprint density at radius 3 is 2.55 bits per heavy atom. The Hall–Kier alpha value is -1.45. The number of anilines is 1. The van der Waals surface area contributed by atoms with Gasteiger partial charge in [-0.2, -0.15) is 13.2 Å². The number of aromatic nitrogens is 1. The van der Waals surface area contributed by atoms with Crippen LogP contribution in [0.3, 0.4) is 0 Å². The first-order valence-electron chi connectivity index (χ1n) is 9.55. The fraction of sp³-hybridized carbons (Fsp3) is 0.450. The number of nitrogens with zero attached hydrogens (tertiary/aromatic N) is 1. The van der Waals surface area contributed by atoms with Crippen molar-refractivity contribution < 1.29 is 17.4 Å². The lowest BCUT2D eigenvalue weighted by Crippen LogP contribution is -2.07. The maximum atomic E-state index is 13.7. The molecule has 3 aromatic rings. The van der Waals surface area contributed by atoms with Crippen molar-refractivity contribution in [2.45, 2.75) is 55.8 Å². The average molecular weight is 461 g/mol. The Morgan fingerprint density at radius 1 is 1.17 bits per heavy atom. The monoisotopic (exact) mass is 460 g/mol. The molecule has 0 aromatic carbocycles. The van der Waals surface area contributed by atoms with Crippen LogP contribution in [-0.2, 0) is 17.0 Å². The van der Waals surface area contributed by atoms with E-state index in [0.29, 0.717) is 14.8 Å². The third-order valence-corrected chi connectivity index (χ3v) is 8.52. The summed E-state index contributed by atoms with van der Waals surface area (Å²) in [6.07, 6.45) is 1.74. The predicted molar refractivity (Wildman–Crippen MR) is 117 cm³/mol.